The summed E-state index contributed by atoms with van der Waals surface area (Å²) < 4.78 is 9.30. The van der Waals surface area contributed by atoms with Crippen LogP contribution >= 0.6 is 0 Å². The SMILES string of the molecule is COc1cc(-c2cc3[nH]c(=O)n(C4CCN(C(C)C)CC4)c3cc2C(C)C)cn2ncnc12. The number of hydrogen-bond acceptors (Lipinski definition) is 5. The van der Waals surface area contributed by atoms with Crippen molar-refractivity contribution in [2.75, 3.05) is 20.2 Å². The van der Waals surface area contributed by atoms with Gasteiger partial charge in [-0.2, -0.15) is 5.10 Å². The van der Waals surface area contributed by atoms with E-state index >= 15 is 0 Å². The molecule has 33 heavy (non-hydrogen) atoms. The topological polar surface area (TPSA) is 80.5 Å². The molecule has 1 fully saturated rings. The summed E-state index contributed by atoms with van der Waals surface area (Å²) >= 11 is 0. The fourth-order valence-electron chi connectivity index (χ4n) is 5.13. The Morgan fingerprint density at radius 3 is 2.55 bits per heavy atom. The van der Waals surface area contributed by atoms with Gasteiger partial charge in [-0.3, -0.25) is 4.57 Å². The largest absolute Gasteiger partial charge is 0.493 e. The number of imidazole rings is 1. The van der Waals surface area contributed by atoms with Gasteiger partial charge in [-0.25, -0.2) is 14.3 Å². The van der Waals surface area contributed by atoms with Gasteiger partial charge in [-0.05, 0) is 61.9 Å². The Hall–Kier alpha value is -3.13. The van der Waals surface area contributed by atoms with Gasteiger partial charge < -0.3 is 14.6 Å². The van der Waals surface area contributed by atoms with E-state index in [0.29, 0.717) is 17.4 Å². The zero-order chi connectivity index (χ0) is 23.3. The fraction of sp³-hybridized carbons (Fsp3) is 0.480. The quantitative estimate of drug-likeness (QED) is 0.495. The van der Waals surface area contributed by atoms with Crippen LogP contribution in [-0.2, 0) is 0 Å². The van der Waals surface area contributed by atoms with Crippen LogP contribution in [0.1, 0.15) is 58.1 Å². The van der Waals surface area contributed by atoms with Crippen molar-refractivity contribution in [2.45, 2.75) is 58.5 Å². The number of likely N-dealkylation sites (tertiary alicyclic amines) is 1. The van der Waals surface area contributed by atoms with Gasteiger partial charge in [0.1, 0.15) is 6.33 Å². The minimum atomic E-state index is -0.0239. The van der Waals surface area contributed by atoms with Crippen molar-refractivity contribution < 1.29 is 4.74 Å². The molecule has 174 valence electrons. The summed E-state index contributed by atoms with van der Waals surface area (Å²) in [7, 11) is 1.64. The molecule has 0 atom stereocenters. The molecular formula is C25H32N6O2. The Labute approximate surface area is 193 Å². The predicted octanol–water partition coefficient (Wildman–Crippen LogP) is 4.22. The standard InChI is InChI=1S/C25H32N6O2/c1-15(2)19-12-22-21(28-25(32)31(22)18-6-8-29(9-7-18)16(3)4)11-20(19)17-10-23(33-5)24-26-14-27-30(24)13-17/h10-16,18H,6-9H2,1-5H3,(H,28,32). The summed E-state index contributed by atoms with van der Waals surface area (Å²) in [5, 5.41) is 4.31. The molecule has 5 rings (SSSR count). The number of pyridine rings is 1. The Morgan fingerprint density at radius 2 is 1.88 bits per heavy atom. The first-order valence-corrected chi connectivity index (χ1v) is 11.8. The highest BCUT2D eigenvalue weighted by molar-refractivity contribution is 5.85. The monoisotopic (exact) mass is 448 g/mol. The second-order valence-electron chi connectivity index (χ2n) is 9.60. The van der Waals surface area contributed by atoms with Gasteiger partial charge >= 0.3 is 5.69 Å². The first-order chi connectivity index (χ1) is 15.9. The van der Waals surface area contributed by atoms with Crippen molar-refractivity contribution in [3.05, 3.63) is 46.8 Å². The molecule has 0 bridgehead atoms. The molecule has 8 heteroatoms. The zero-order valence-electron chi connectivity index (χ0n) is 20.0. The molecule has 0 unspecified atom stereocenters. The third-order valence-electron chi connectivity index (χ3n) is 6.98. The van der Waals surface area contributed by atoms with Gasteiger partial charge in [0, 0.05) is 36.9 Å². The average Bonchev–Trinajstić information content (AvgIpc) is 3.40. The number of hydrogen-bond donors (Lipinski definition) is 1. The minimum Gasteiger partial charge on any atom is -0.493 e. The van der Waals surface area contributed by atoms with Gasteiger partial charge in [-0.15, -0.1) is 0 Å². The summed E-state index contributed by atoms with van der Waals surface area (Å²) in [6.07, 6.45) is 5.47. The Bertz CT molecular complexity index is 1350. The number of aromatic nitrogens is 5. The first kappa shape index (κ1) is 21.7. The van der Waals surface area contributed by atoms with Gasteiger partial charge in [0.15, 0.2) is 11.4 Å². The molecule has 0 aliphatic carbocycles. The lowest BCUT2D eigenvalue weighted by molar-refractivity contribution is 0.152. The molecule has 1 aliphatic heterocycles. The highest BCUT2D eigenvalue weighted by Gasteiger charge is 2.26. The van der Waals surface area contributed by atoms with E-state index in [1.165, 1.54) is 11.9 Å². The Balaban J connectivity index is 1.63. The fourth-order valence-corrected chi connectivity index (χ4v) is 5.13. The van der Waals surface area contributed by atoms with E-state index in [1.807, 2.05) is 16.8 Å². The van der Waals surface area contributed by atoms with E-state index in [4.69, 9.17) is 4.74 Å². The number of benzene rings is 1. The van der Waals surface area contributed by atoms with Crippen molar-refractivity contribution in [2.24, 2.45) is 0 Å². The van der Waals surface area contributed by atoms with Crippen LogP contribution in [0.3, 0.4) is 0 Å². The third kappa shape index (κ3) is 3.72. The number of H-pyrrole nitrogens is 1. The molecule has 1 N–H and O–H groups in total. The number of rotatable bonds is 5. The number of methoxy groups -OCH3 is 1. The van der Waals surface area contributed by atoms with Gasteiger partial charge in [0.05, 0.1) is 18.1 Å². The van der Waals surface area contributed by atoms with Crippen LogP contribution in [0.5, 0.6) is 5.75 Å². The number of piperidine rings is 1. The molecule has 4 heterocycles. The molecule has 1 aliphatic rings. The summed E-state index contributed by atoms with van der Waals surface area (Å²) in [4.78, 5) is 23.0. The maximum Gasteiger partial charge on any atom is 0.326 e. The van der Waals surface area contributed by atoms with Crippen molar-refractivity contribution in [3.63, 3.8) is 0 Å². The van der Waals surface area contributed by atoms with Crippen LogP contribution in [0.2, 0.25) is 0 Å². The molecule has 3 aromatic heterocycles. The molecule has 0 saturated carbocycles. The van der Waals surface area contributed by atoms with Crippen LogP contribution in [-0.4, -0.2) is 55.3 Å². The molecule has 0 radical (unpaired) electrons. The molecular weight excluding hydrogens is 416 g/mol. The second-order valence-corrected chi connectivity index (χ2v) is 9.60. The normalized spacial score (nSPS) is 16.0. The van der Waals surface area contributed by atoms with Crippen LogP contribution in [0, 0.1) is 0 Å². The highest BCUT2D eigenvalue weighted by atomic mass is 16.5. The average molecular weight is 449 g/mol. The Kier molecular flexibility index (Phi) is 5.48. The number of aromatic amines is 1. The zero-order valence-corrected chi connectivity index (χ0v) is 20.0. The number of ether oxygens (including phenoxy) is 1. The number of nitrogens with one attached hydrogen (secondary N) is 1. The lowest BCUT2D eigenvalue weighted by atomic mass is 9.92. The van der Waals surface area contributed by atoms with E-state index < -0.39 is 0 Å². The predicted molar refractivity (Wildman–Crippen MR) is 130 cm³/mol. The van der Waals surface area contributed by atoms with E-state index in [2.05, 4.69) is 59.8 Å². The van der Waals surface area contributed by atoms with Crippen LogP contribution in [0.4, 0.5) is 0 Å². The smallest absolute Gasteiger partial charge is 0.326 e. The summed E-state index contributed by atoms with van der Waals surface area (Å²) in [5.74, 6) is 0.950. The molecule has 8 nitrogen and oxygen atoms in total. The molecule has 4 aromatic rings. The maximum atomic E-state index is 13.1. The van der Waals surface area contributed by atoms with Crippen LogP contribution in [0.25, 0.3) is 27.8 Å². The van der Waals surface area contributed by atoms with Crippen molar-refractivity contribution in [1.29, 1.82) is 0 Å². The maximum absolute atomic E-state index is 13.1. The lowest BCUT2D eigenvalue weighted by Gasteiger charge is -2.35. The first-order valence-electron chi connectivity index (χ1n) is 11.8. The Morgan fingerprint density at radius 1 is 1.12 bits per heavy atom. The summed E-state index contributed by atoms with van der Waals surface area (Å²) in [6.45, 7) is 10.9. The van der Waals surface area contributed by atoms with E-state index in [9.17, 15) is 4.79 Å². The van der Waals surface area contributed by atoms with Crippen molar-refractivity contribution in [1.82, 2.24) is 29.0 Å². The lowest BCUT2D eigenvalue weighted by Crippen LogP contribution is -2.40. The third-order valence-corrected chi connectivity index (χ3v) is 6.98. The summed E-state index contributed by atoms with van der Waals surface area (Å²) in [6, 6.07) is 7.05. The van der Waals surface area contributed by atoms with Gasteiger partial charge in [-0.1, -0.05) is 13.8 Å². The number of fused-ring (bicyclic) bond motifs is 2. The molecule has 0 spiro atoms. The second kappa shape index (κ2) is 8.33. The van der Waals surface area contributed by atoms with E-state index in [0.717, 1.165) is 48.1 Å². The van der Waals surface area contributed by atoms with E-state index in [-0.39, 0.29) is 17.6 Å². The van der Waals surface area contributed by atoms with Crippen molar-refractivity contribution >= 4 is 16.7 Å². The summed E-state index contributed by atoms with van der Waals surface area (Å²) in [5.41, 5.74) is 5.75. The van der Waals surface area contributed by atoms with Gasteiger partial charge in [0.25, 0.3) is 0 Å². The number of nitrogens with zero attached hydrogens (tertiary/aromatic N) is 5. The molecule has 1 aromatic carbocycles. The van der Waals surface area contributed by atoms with Crippen molar-refractivity contribution in [3.8, 4) is 16.9 Å². The van der Waals surface area contributed by atoms with Gasteiger partial charge in [0.2, 0.25) is 0 Å². The van der Waals surface area contributed by atoms with Crippen LogP contribution in [0.15, 0.2) is 35.5 Å². The van der Waals surface area contributed by atoms with Crippen LogP contribution < -0.4 is 10.4 Å². The van der Waals surface area contributed by atoms with E-state index in [1.54, 1.807) is 11.6 Å². The minimum absolute atomic E-state index is 0.0239. The molecule has 0 amide bonds. The molecule has 1 saturated heterocycles. The highest BCUT2D eigenvalue weighted by Crippen LogP contribution is 2.36.